The molecule has 0 unspecified atom stereocenters. The van der Waals surface area contributed by atoms with Crippen molar-refractivity contribution in [1.82, 2.24) is 9.55 Å². The molecule has 0 aliphatic heterocycles. The fourth-order valence-electron chi connectivity index (χ4n) is 2.55. The predicted octanol–water partition coefficient (Wildman–Crippen LogP) is 6.33. The highest BCUT2D eigenvalue weighted by Gasteiger charge is 2.13. The molecule has 2 aromatic carbocycles. The van der Waals surface area contributed by atoms with Gasteiger partial charge in [-0.05, 0) is 29.5 Å². The summed E-state index contributed by atoms with van der Waals surface area (Å²) in [5, 5.41) is 0. The average Bonchev–Trinajstić information content (AvgIpc) is 3.11. The summed E-state index contributed by atoms with van der Waals surface area (Å²) >= 11 is 0. The number of ether oxygens (including phenoxy) is 1. The quantitative estimate of drug-likeness (QED) is 0.549. The number of aromatic nitrogens is 2. The fraction of sp³-hybridized carbons (Fsp3) is 0.348. The van der Waals surface area contributed by atoms with Crippen molar-refractivity contribution in [2.75, 3.05) is 7.11 Å². The number of hydrogen-bond acceptors (Lipinski definition) is 2. The van der Waals surface area contributed by atoms with Gasteiger partial charge in [-0.1, -0.05) is 71.0 Å². The normalized spacial score (nSPS) is 10.6. The van der Waals surface area contributed by atoms with E-state index in [1.54, 1.807) is 7.11 Å². The van der Waals surface area contributed by atoms with Crippen LogP contribution < -0.4 is 4.74 Å². The summed E-state index contributed by atoms with van der Waals surface area (Å²) in [6, 6.07) is 16.5. The number of methoxy groups -OCH3 is 1. The SMILES string of the molecule is CC(C)C.COc1cc(C(C)C)ccc1-n1ccnc1-c1ccccc1. The van der Waals surface area contributed by atoms with Crippen LogP contribution in [0.3, 0.4) is 0 Å². The minimum absolute atomic E-state index is 0.472. The lowest BCUT2D eigenvalue weighted by Gasteiger charge is -2.15. The van der Waals surface area contributed by atoms with Crippen molar-refractivity contribution in [1.29, 1.82) is 0 Å². The molecule has 0 saturated carbocycles. The van der Waals surface area contributed by atoms with Crippen molar-refractivity contribution in [3.63, 3.8) is 0 Å². The third-order valence-corrected chi connectivity index (χ3v) is 3.80. The maximum absolute atomic E-state index is 5.60. The van der Waals surface area contributed by atoms with Crippen LogP contribution >= 0.6 is 0 Å². The van der Waals surface area contributed by atoms with Crippen LogP contribution in [0.15, 0.2) is 60.9 Å². The summed E-state index contributed by atoms with van der Waals surface area (Å²) in [6.07, 6.45) is 3.79. The van der Waals surface area contributed by atoms with Crippen LogP contribution in [0.25, 0.3) is 17.1 Å². The molecule has 26 heavy (non-hydrogen) atoms. The Morgan fingerprint density at radius 3 is 2.15 bits per heavy atom. The summed E-state index contributed by atoms with van der Waals surface area (Å²) in [5.41, 5.74) is 3.35. The second-order valence-corrected chi connectivity index (χ2v) is 7.30. The molecule has 0 aliphatic rings. The predicted molar refractivity (Wildman–Crippen MR) is 110 cm³/mol. The van der Waals surface area contributed by atoms with Crippen LogP contribution in [0.5, 0.6) is 5.75 Å². The Hall–Kier alpha value is -2.55. The summed E-state index contributed by atoms with van der Waals surface area (Å²) in [4.78, 5) is 4.50. The highest BCUT2D eigenvalue weighted by atomic mass is 16.5. The highest BCUT2D eigenvalue weighted by Crippen LogP contribution is 2.30. The molecule has 0 fully saturated rings. The van der Waals surface area contributed by atoms with Gasteiger partial charge in [0.05, 0.1) is 12.8 Å². The van der Waals surface area contributed by atoms with Gasteiger partial charge in [0.1, 0.15) is 11.6 Å². The lowest BCUT2D eigenvalue weighted by Crippen LogP contribution is -2.01. The topological polar surface area (TPSA) is 27.1 Å². The van der Waals surface area contributed by atoms with E-state index < -0.39 is 0 Å². The molecule has 3 aromatic rings. The molecule has 1 aromatic heterocycles. The van der Waals surface area contributed by atoms with Crippen LogP contribution in [0.4, 0.5) is 0 Å². The van der Waals surface area contributed by atoms with Gasteiger partial charge in [-0.3, -0.25) is 4.57 Å². The van der Waals surface area contributed by atoms with Gasteiger partial charge in [0, 0.05) is 18.0 Å². The maximum Gasteiger partial charge on any atom is 0.144 e. The van der Waals surface area contributed by atoms with Crippen LogP contribution in [0, 0.1) is 5.92 Å². The first-order chi connectivity index (χ1) is 12.4. The van der Waals surface area contributed by atoms with E-state index >= 15 is 0 Å². The molecule has 0 N–H and O–H groups in total. The third-order valence-electron chi connectivity index (χ3n) is 3.80. The Bertz CT molecular complexity index is 801. The molecule has 0 spiro atoms. The van der Waals surface area contributed by atoms with E-state index in [-0.39, 0.29) is 0 Å². The van der Waals surface area contributed by atoms with E-state index in [4.69, 9.17) is 4.74 Å². The van der Waals surface area contributed by atoms with Crippen LogP contribution in [0.2, 0.25) is 0 Å². The van der Waals surface area contributed by atoms with Crippen molar-refractivity contribution in [2.24, 2.45) is 5.92 Å². The van der Waals surface area contributed by atoms with Crippen LogP contribution in [-0.4, -0.2) is 16.7 Å². The standard InChI is InChI=1S/C19H20N2O.C4H10/c1-14(2)16-9-10-17(18(13-16)22-3)21-12-11-20-19(21)15-7-5-4-6-8-15;1-4(2)3/h4-14H,1-3H3;4H,1-3H3. The van der Waals surface area contributed by atoms with Gasteiger partial charge >= 0.3 is 0 Å². The van der Waals surface area contributed by atoms with E-state index in [2.05, 4.69) is 74.5 Å². The molecular formula is C23H30N2O. The first-order valence-corrected chi connectivity index (χ1v) is 9.21. The van der Waals surface area contributed by atoms with Gasteiger partial charge in [0.15, 0.2) is 0 Å². The van der Waals surface area contributed by atoms with Crippen molar-refractivity contribution >= 4 is 0 Å². The maximum atomic E-state index is 5.60. The summed E-state index contributed by atoms with van der Waals surface area (Å²) in [6.45, 7) is 10.9. The molecule has 0 radical (unpaired) electrons. The Labute approximate surface area is 157 Å². The lowest BCUT2D eigenvalue weighted by atomic mass is 10.0. The summed E-state index contributed by atoms with van der Waals surface area (Å²) in [7, 11) is 1.71. The first kappa shape index (κ1) is 19.8. The molecule has 3 heteroatoms. The Morgan fingerprint density at radius 2 is 1.58 bits per heavy atom. The number of imidazole rings is 1. The van der Waals surface area contributed by atoms with Gasteiger partial charge < -0.3 is 4.74 Å². The zero-order chi connectivity index (χ0) is 19.1. The molecule has 138 valence electrons. The van der Waals surface area contributed by atoms with Crippen molar-refractivity contribution < 1.29 is 4.74 Å². The van der Waals surface area contributed by atoms with Gasteiger partial charge in [-0.2, -0.15) is 0 Å². The van der Waals surface area contributed by atoms with Gasteiger partial charge in [0.25, 0.3) is 0 Å². The second kappa shape index (κ2) is 9.23. The van der Waals surface area contributed by atoms with Crippen LogP contribution in [-0.2, 0) is 0 Å². The Kier molecular flexibility index (Phi) is 7.02. The largest absolute Gasteiger partial charge is 0.495 e. The van der Waals surface area contributed by atoms with Gasteiger partial charge in [0.2, 0.25) is 0 Å². The van der Waals surface area contributed by atoms with E-state index in [1.165, 1.54) is 5.56 Å². The summed E-state index contributed by atoms with van der Waals surface area (Å²) < 4.78 is 7.67. The molecule has 0 amide bonds. The molecule has 0 bridgehead atoms. The smallest absolute Gasteiger partial charge is 0.144 e. The molecule has 0 atom stereocenters. The van der Waals surface area contributed by atoms with Crippen molar-refractivity contribution in [3.8, 4) is 22.8 Å². The molecule has 0 aliphatic carbocycles. The number of benzene rings is 2. The number of rotatable bonds is 4. The summed E-state index contributed by atoms with van der Waals surface area (Å²) in [5.74, 6) is 3.08. The minimum Gasteiger partial charge on any atom is -0.495 e. The number of hydrogen-bond donors (Lipinski definition) is 0. The molecule has 3 rings (SSSR count). The lowest BCUT2D eigenvalue weighted by molar-refractivity contribution is 0.412. The molecule has 3 nitrogen and oxygen atoms in total. The zero-order valence-corrected chi connectivity index (χ0v) is 16.7. The van der Waals surface area contributed by atoms with Gasteiger partial charge in [-0.25, -0.2) is 4.98 Å². The molecule has 0 saturated heterocycles. The Balaban J connectivity index is 0.000000552. The minimum atomic E-state index is 0.472. The second-order valence-electron chi connectivity index (χ2n) is 7.30. The Morgan fingerprint density at radius 1 is 0.923 bits per heavy atom. The third kappa shape index (κ3) is 4.98. The number of nitrogens with zero attached hydrogens (tertiary/aromatic N) is 2. The highest BCUT2D eigenvalue weighted by molar-refractivity contribution is 5.61. The average molecular weight is 351 g/mol. The first-order valence-electron chi connectivity index (χ1n) is 9.21. The van der Waals surface area contributed by atoms with E-state index in [1.807, 2.05) is 30.6 Å². The van der Waals surface area contributed by atoms with Crippen molar-refractivity contribution in [3.05, 3.63) is 66.5 Å². The zero-order valence-electron chi connectivity index (χ0n) is 16.7. The van der Waals surface area contributed by atoms with Crippen LogP contribution in [0.1, 0.15) is 46.1 Å². The van der Waals surface area contributed by atoms with Gasteiger partial charge in [-0.15, -0.1) is 0 Å². The molecular weight excluding hydrogens is 320 g/mol. The van der Waals surface area contributed by atoms with E-state index in [0.29, 0.717) is 5.92 Å². The fourth-order valence-corrected chi connectivity index (χ4v) is 2.55. The van der Waals surface area contributed by atoms with E-state index in [9.17, 15) is 0 Å². The van der Waals surface area contributed by atoms with Crippen molar-refractivity contribution in [2.45, 2.75) is 40.5 Å². The monoisotopic (exact) mass is 350 g/mol. The molecule has 1 heterocycles. The van der Waals surface area contributed by atoms with E-state index in [0.717, 1.165) is 28.7 Å².